The van der Waals surface area contributed by atoms with Crippen LogP contribution < -0.4 is 4.74 Å². The minimum Gasteiger partial charge on any atom is -0.497 e. The average molecular weight is 347 g/mol. The molecule has 1 aromatic heterocycles. The fourth-order valence-corrected chi connectivity index (χ4v) is 3.22. The number of hydrogen-bond acceptors (Lipinski definition) is 4. The smallest absolute Gasteiger partial charge is 0.259 e. The van der Waals surface area contributed by atoms with Crippen molar-refractivity contribution in [1.29, 1.82) is 0 Å². The van der Waals surface area contributed by atoms with Crippen LogP contribution >= 0.6 is 0 Å². The number of halogens is 2. The second-order valence-corrected chi connectivity index (χ2v) is 6.12. The molecular weight excluding hydrogens is 328 g/mol. The monoisotopic (exact) mass is 347 g/mol. The van der Waals surface area contributed by atoms with Gasteiger partial charge in [-0.15, -0.1) is 0 Å². The summed E-state index contributed by atoms with van der Waals surface area (Å²) in [6.07, 6.45) is 4.68. The second kappa shape index (κ2) is 7.13. The lowest BCUT2D eigenvalue weighted by Gasteiger charge is -2.32. The largest absolute Gasteiger partial charge is 0.497 e. The quantitative estimate of drug-likeness (QED) is 0.856. The predicted octanol–water partition coefficient (Wildman–Crippen LogP) is 3.09. The Morgan fingerprint density at radius 3 is 2.44 bits per heavy atom. The molecule has 0 spiro atoms. The number of amides is 1. The molecule has 25 heavy (non-hydrogen) atoms. The number of carbonyl (C=O) groups is 1. The van der Waals surface area contributed by atoms with E-state index in [1.165, 1.54) is 18.3 Å². The molecule has 0 N–H and O–H groups in total. The van der Waals surface area contributed by atoms with Gasteiger partial charge < -0.3 is 9.64 Å². The fraction of sp³-hybridized carbons (Fsp3) is 0.389. The normalized spacial score (nSPS) is 15.3. The third-order valence-electron chi connectivity index (χ3n) is 4.57. The van der Waals surface area contributed by atoms with Crippen LogP contribution in [0.25, 0.3) is 0 Å². The zero-order valence-electron chi connectivity index (χ0n) is 14.1. The molecule has 7 heteroatoms. The number of benzene rings is 1. The summed E-state index contributed by atoms with van der Waals surface area (Å²) in [5.74, 6) is -2.18. The summed E-state index contributed by atoms with van der Waals surface area (Å²) in [4.78, 5) is 22.3. The molecule has 0 bridgehead atoms. The van der Waals surface area contributed by atoms with Crippen LogP contribution in [0.2, 0.25) is 0 Å². The summed E-state index contributed by atoms with van der Waals surface area (Å²) in [6.45, 7) is 2.81. The first-order chi connectivity index (χ1) is 12.0. The van der Waals surface area contributed by atoms with Gasteiger partial charge in [0.05, 0.1) is 7.11 Å². The number of rotatable bonds is 3. The lowest BCUT2D eigenvalue weighted by Crippen LogP contribution is -2.39. The van der Waals surface area contributed by atoms with Gasteiger partial charge in [-0.3, -0.25) is 4.79 Å². The Labute approximate surface area is 144 Å². The molecule has 1 fully saturated rings. The molecule has 0 aliphatic carbocycles. The number of likely N-dealkylation sites (tertiary alicyclic amines) is 1. The number of piperidine rings is 1. The van der Waals surface area contributed by atoms with Crippen LogP contribution in [0.4, 0.5) is 8.78 Å². The van der Waals surface area contributed by atoms with Gasteiger partial charge in [0.1, 0.15) is 29.3 Å². The summed E-state index contributed by atoms with van der Waals surface area (Å²) < 4.78 is 33.0. The van der Waals surface area contributed by atoms with E-state index in [2.05, 4.69) is 9.97 Å². The third-order valence-corrected chi connectivity index (χ3v) is 4.57. The molecule has 0 saturated carbocycles. The van der Waals surface area contributed by atoms with Gasteiger partial charge in [-0.05, 0) is 25.3 Å². The number of methoxy groups -OCH3 is 1. The maximum absolute atomic E-state index is 14.1. The van der Waals surface area contributed by atoms with Gasteiger partial charge >= 0.3 is 0 Å². The van der Waals surface area contributed by atoms with Crippen molar-refractivity contribution in [2.24, 2.45) is 0 Å². The number of aromatic nitrogens is 2. The molecule has 2 heterocycles. The van der Waals surface area contributed by atoms with Crippen LogP contribution in [0.5, 0.6) is 5.75 Å². The molecule has 3 rings (SSSR count). The minimum absolute atomic E-state index is 0.0458. The predicted molar refractivity (Wildman–Crippen MR) is 87.6 cm³/mol. The minimum atomic E-state index is -0.907. The lowest BCUT2D eigenvalue weighted by molar-refractivity contribution is 0.0702. The SMILES string of the molecule is COc1cc(F)c(C(=O)N2CCC(c3ncncc3C)CC2)c(F)c1. The van der Waals surface area contributed by atoms with Crippen LogP contribution in [0.3, 0.4) is 0 Å². The number of ether oxygens (including phenoxy) is 1. The highest BCUT2D eigenvalue weighted by Gasteiger charge is 2.29. The molecule has 1 aromatic carbocycles. The molecular formula is C18H19F2N3O2. The van der Waals surface area contributed by atoms with E-state index in [1.54, 1.807) is 6.20 Å². The van der Waals surface area contributed by atoms with E-state index in [-0.39, 0.29) is 11.7 Å². The van der Waals surface area contributed by atoms with Crippen LogP contribution in [-0.2, 0) is 0 Å². The van der Waals surface area contributed by atoms with Gasteiger partial charge in [0, 0.05) is 43.0 Å². The van der Waals surface area contributed by atoms with Crippen LogP contribution in [0.15, 0.2) is 24.7 Å². The zero-order chi connectivity index (χ0) is 18.0. The van der Waals surface area contributed by atoms with E-state index >= 15 is 0 Å². The number of aryl methyl sites for hydroxylation is 1. The van der Waals surface area contributed by atoms with E-state index in [0.717, 1.165) is 23.4 Å². The summed E-state index contributed by atoms with van der Waals surface area (Å²) in [6, 6.07) is 2.04. The molecule has 1 aliphatic heterocycles. The molecule has 1 amide bonds. The second-order valence-electron chi connectivity index (χ2n) is 6.12. The molecule has 0 radical (unpaired) electrons. The van der Waals surface area contributed by atoms with E-state index in [9.17, 15) is 13.6 Å². The molecule has 1 aliphatic rings. The van der Waals surface area contributed by atoms with Crippen molar-refractivity contribution in [1.82, 2.24) is 14.9 Å². The summed E-state index contributed by atoms with van der Waals surface area (Å²) in [7, 11) is 1.32. The van der Waals surface area contributed by atoms with E-state index in [0.29, 0.717) is 25.9 Å². The number of carbonyl (C=O) groups excluding carboxylic acids is 1. The first-order valence-electron chi connectivity index (χ1n) is 8.10. The lowest BCUT2D eigenvalue weighted by atomic mass is 9.91. The Morgan fingerprint density at radius 2 is 1.88 bits per heavy atom. The molecule has 1 saturated heterocycles. The van der Waals surface area contributed by atoms with Crippen LogP contribution in [-0.4, -0.2) is 41.0 Å². The highest BCUT2D eigenvalue weighted by Crippen LogP contribution is 2.30. The van der Waals surface area contributed by atoms with Crippen LogP contribution in [0, 0.1) is 18.6 Å². The fourth-order valence-electron chi connectivity index (χ4n) is 3.22. The van der Waals surface area contributed by atoms with Crippen molar-refractivity contribution in [3.05, 3.63) is 53.1 Å². The first-order valence-corrected chi connectivity index (χ1v) is 8.10. The van der Waals surface area contributed by atoms with Gasteiger partial charge in [0.15, 0.2) is 0 Å². The zero-order valence-corrected chi connectivity index (χ0v) is 14.1. The van der Waals surface area contributed by atoms with Crippen molar-refractivity contribution in [3.63, 3.8) is 0 Å². The van der Waals surface area contributed by atoms with E-state index in [4.69, 9.17) is 4.74 Å². The van der Waals surface area contributed by atoms with Gasteiger partial charge in [0.25, 0.3) is 5.91 Å². The molecule has 2 aromatic rings. The maximum atomic E-state index is 14.1. The van der Waals surface area contributed by atoms with Crippen molar-refractivity contribution in [2.45, 2.75) is 25.7 Å². The Morgan fingerprint density at radius 1 is 1.24 bits per heavy atom. The van der Waals surface area contributed by atoms with E-state index in [1.807, 2.05) is 6.92 Å². The van der Waals surface area contributed by atoms with Gasteiger partial charge in [-0.2, -0.15) is 0 Å². The highest BCUT2D eigenvalue weighted by atomic mass is 19.1. The van der Waals surface area contributed by atoms with Gasteiger partial charge in [0.2, 0.25) is 0 Å². The van der Waals surface area contributed by atoms with Gasteiger partial charge in [-0.1, -0.05) is 0 Å². The molecule has 0 unspecified atom stereocenters. The third kappa shape index (κ3) is 3.45. The highest BCUT2D eigenvalue weighted by molar-refractivity contribution is 5.95. The van der Waals surface area contributed by atoms with Crippen molar-refractivity contribution in [2.75, 3.05) is 20.2 Å². The first kappa shape index (κ1) is 17.3. The van der Waals surface area contributed by atoms with Gasteiger partial charge in [-0.25, -0.2) is 18.7 Å². The summed E-state index contributed by atoms with van der Waals surface area (Å²) in [5.41, 5.74) is 1.46. The Hall–Kier alpha value is -2.57. The molecule has 132 valence electrons. The Kier molecular flexibility index (Phi) is 4.92. The van der Waals surface area contributed by atoms with E-state index < -0.39 is 23.1 Å². The van der Waals surface area contributed by atoms with Crippen molar-refractivity contribution in [3.8, 4) is 5.75 Å². The topological polar surface area (TPSA) is 55.3 Å². The van der Waals surface area contributed by atoms with Crippen molar-refractivity contribution >= 4 is 5.91 Å². The Bertz CT molecular complexity index is 767. The number of hydrogen-bond donors (Lipinski definition) is 0. The average Bonchev–Trinajstić information content (AvgIpc) is 2.61. The van der Waals surface area contributed by atoms with Crippen LogP contribution in [0.1, 0.15) is 40.4 Å². The molecule has 0 atom stereocenters. The standard InChI is InChI=1S/C18H19F2N3O2/c1-11-9-21-10-22-17(11)12-3-5-23(6-4-12)18(24)16-14(19)7-13(25-2)8-15(16)20/h7-10,12H,3-6H2,1-2H3. The van der Waals surface area contributed by atoms with Crippen molar-refractivity contribution < 1.29 is 18.3 Å². The summed E-state index contributed by atoms with van der Waals surface area (Å²) >= 11 is 0. The Balaban J connectivity index is 1.73. The summed E-state index contributed by atoms with van der Waals surface area (Å²) in [5, 5.41) is 0. The number of nitrogens with zero attached hydrogens (tertiary/aromatic N) is 3. The molecule has 5 nitrogen and oxygen atoms in total. The maximum Gasteiger partial charge on any atom is 0.259 e.